The Hall–Kier alpha value is -0.530. The topological polar surface area (TPSA) is 20.3 Å². The fraction of sp³-hybridized carbons (Fsp3) is 0.929. The van der Waals surface area contributed by atoms with Crippen LogP contribution in [0.3, 0.4) is 0 Å². The number of amides is 1. The lowest BCUT2D eigenvalue weighted by molar-refractivity contribution is -0.132. The molecule has 2 heteroatoms. The second-order valence-electron chi connectivity index (χ2n) is 6.59. The zero-order chi connectivity index (χ0) is 11.8. The zero-order valence-electron chi connectivity index (χ0n) is 11.0. The van der Waals surface area contributed by atoms with Crippen LogP contribution in [0.1, 0.15) is 52.9 Å². The summed E-state index contributed by atoms with van der Waals surface area (Å²) < 4.78 is 0. The maximum atomic E-state index is 12.0. The van der Waals surface area contributed by atoms with Crippen molar-refractivity contribution in [3.8, 4) is 0 Å². The Bertz CT molecular complexity index is 262. The smallest absolute Gasteiger partial charge is 0.225 e. The first-order valence-corrected chi connectivity index (χ1v) is 6.77. The number of likely N-dealkylation sites (tertiary alicyclic amines) is 1. The van der Waals surface area contributed by atoms with E-state index in [2.05, 4.69) is 25.7 Å². The monoisotopic (exact) mass is 223 g/mol. The van der Waals surface area contributed by atoms with E-state index in [1.165, 1.54) is 19.3 Å². The Labute approximate surface area is 99.4 Å². The Morgan fingerprint density at radius 3 is 2.31 bits per heavy atom. The highest BCUT2D eigenvalue weighted by Gasteiger charge is 2.35. The summed E-state index contributed by atoms with van der Waals surface area (Å²) in [5, 5.41) is 0. The molecule has 2 rings (SSSR count). The molecule has 0 bridgehead atoms. The number of nitrogens with zero attached hydrogens (tertiary/aromatic N) is 1. The Balaban J connectivity index is 1.90. The molecule has 2 fully saturated rings. The van der Waals surface area contributed by atoms with E-state index in [1.807, 2.05) is 0 Å². The van der Waals surface area contributed by atoms with Gasteiger partial charge in [-0.25, -0.2) is 0 Å². The van der Waals surface area contributed by atoms with Gasteiger partial charge in [0.1, 0.15) is 0 Å². The van der Waals surface area contributed by atoms with Crippen LogP contribution < -0.4 is 0 Å². The highest BCUT2D eigenvalue weighted by atomic mass is 16.2. The van der Waals surface area contributed by atoms with Crippen LogP contribution in [0.2, 0.25) is 0 Å². The van der Waals surface area contributed by atoms with Gasteiger partial charge in [0.05, 0.1) is 0 Å². The molecule has 16 heavy (non-hydrogen) atoms. The van der Waals surface area contributed by atoms with E-state index in [0.717, 1.165) is 31.8 Å². The van der Waals surface area contributed by atoms with Crippen LogP contribution in [-0.2, 0) is 4.79 Å². The molecule has 0 aromatic carbocycles. The van der Waals surface area contributed by atoms with Crippen molar-refractivity contribution in [2.75, 3.05) is 13.1 Å². The molecule has 1 heterocycles. The molecule has 0 aromatic heterocycles. The van der Waals surface area contributed by atoms with Gasteiger partial charge >= 0.3 is 0 Å². The number of carbonyl (C=O) groups is 1. The first-order valence-electron chi connectivity index (χ1n) is 6.77. The van der Waals surface area contributed by atoms with Gasteiger partial charge in [-0.05, 0) is 43.4 Å². The molecule has 1 saturated heterocycles. The van der Waals surface area contributed by atoms with Gasteiger partial charge in [-0.15, -0.1) is 0 Å². The summed E-state index contributed by atoms with van der Waals surface area (Å²) in [4.78, 5) is 14.1. The Morgan fingerprint density at radius 2 is 1.75 bits per heavy atom. The lowest BCUT2D eigenvalue weighted by atomic mass is 9.77. The van der Waals surface area contributed by atoms with E-state index in [-0.39, 0.29) is 0 Å². The quantitative estimate of drug-likeness (QED) is 0.669. The SMILES string of the molecule is CC(C)(C)C1CCCN(C(=O)C2CC2)CC1. The highest BCUT2D eigenvalue weighted by molar-refractivity contribution is 5.81. The minimum atomic E-state index is 0.395. The second-order valence-corrected chi connectivity index (χ2v) is 6.59. The molecule has 1 aliphatic carbocycles. The largest absolute Gasteiger partial charge is 0.342 e. The van der Waals surface area contributed by atoms with E-state index < -0.39 is 0 Å². The molecular weight excluding hydrogens is 198 g/mol. The second kappa shape index (κ2) is 4.38. The average Bonchev–Trinajstić information content (AvgIpc) is 3.02. The maximum Gasteiger partial charge on any atom is 0.225 e. The van der Waals surface area contributed by atoms with Crippen molar-refractivity contribution < 1.29 is 4.79 Å². The third-order valence-electron chi connectivity index (χ3n) is 4.19. The van der Waals surface area contributed by atoms with Crippen molar-refractivity contribution in [2.24, 2.45) is 17.3 Å². The molecule has 1 atom stereocenters. The van der Waals surface area contributed by atoms with Crippen LogP contribution in [0.5, 0.6) is 0 Å². The maximum absolute atomic E-state index is 12.0. The van der Waals surface area contributed by atoms with Crippen LogP contribution in [0, 0.1) is 17.3 Å². The fourth-order valence-corrected chi connectivity index (χ4v) is 2.77. The third kappa shape index (κ3) is 2.78. The normalized spacial score (nSPS) is 27.7. The summed E-state index contributed by atoms with van der Waals surface area (Å²) in [5.41, 5.74) is 0.401. The number of rotatable bonds is 1. The minimum absolute atomic E-state index is 0.395. The van der Waals surface area contributed by atoms with Crippen molar-refractivity contribution >= 4 is 5.91 Å². The van der Waals surface area contributed by atoms with E-state index in [9.17, 15) is 4.79 Å². The minimum Gasteiger partial charge on any atom is -0.342 e. The molecule has 0 N–H and O–H groups in total. The van der Waals surface area contributed by atoms with Gasteiger partial charge in [-0.2, -0.15) is 0 Å². The van der Waals surface area contributed by atoms with Crippen molar-refractivity contribution in [1.29, 1.82) is 0 Å². The molecule has 2 nitrogen and oxygen atoms in total. The van der Waals surface area contributed by atoms with Gasteiger partial charge in [0.25, 0.3) is 0 Å². The Kier molecular flexibility index (Phi) is 3.27. The van der Waals surface area contributed by atoms with Crippen LogP contribution in [0.25, 0.3) is 0 Å². The van der Waals surface area contributed by atoms with Gasteiger partial charge < -0.3 is 4.90 Å². The van der Waals surface area contributed by atoms with E-state index in [1.54, 1.807) is 0 Å². The van der Waals surface area contributed by atoms with Crippen molar-refractivity contribution in [2.45, 2.75) is 52.9 Å². The molecule has 1 saturated carbocycles. The number of hydrogen-bond acceptors (Lipinski definition) is 1. The standard InChI is InChI=1S/C14H25NO/c1-14(2,3)12-5-4-9-15(10-8-12)13(16)11-6-7-11/h11-12H,4-10H2,1-3H3. The summed E-state index contributed by atoms with van der Waals surface area (Å²) in [7, 11) is 0. The fourth-order valence-electron chi connectivity index (χ4n) is 2.77. The average molecular weight is 223 g/mol. The van der Waals surface area contributed by atoms with Gasteiger partial charge in [-0.3, -0.25) is 4.79 Å². The van der Waals surface area contributed by atoms with Crippen LogP contribution in [0.4, 0.5) is 0 Å². The molecule has 1 aliphatic heterocycles. The first-order chi connectivity index (χ1) is 7.48. The van der Waals surface area contributed by atoms with Crippen LogP contribution >= 0.6 is 0 Å². The molecule has 92 valence electrons. The first kappa shape index (κ1) is 11.9. The lowest BCUT2D eigenvalue weighted by Gasteiger charge is -2.29. The zero-order valence-corrected chi connectivity index (χ0v) is 11.0. The van der Waals surface area contributed by atoms with Gasteiger partial charge in [0.2, 0.25) is 5.91 Å². The Morgan fingerprint density at radius 1 is 1.06 bits per heavy atom. The number of carbonyl (C=O) groups excluding carboxylic acids is 1. The van der Waals surface area contributed by atoms with Crippen LogP contribution in [0.15, 0.2) is 0 Å². The molecular formula is C14H25NO. The predicted octanol–water partition coefficient (Wildman–Crippen LogP) is 3.07. The predicted molar refractivity (Wildman–Crippen MR) is 66.1 cm³/mol. The van der Waals surface area contributed by atoms with E-state index >= 15 is 0 Å². The van der Waals surface area contributed by atoms with Crippen LogP contribution in [-0.4, -0.2) is 23.9 Å². The van der Waals surface area contributed by atoms with Gasteiger partial charge in [-0.1, -0.05) is 20.8 Å². The summed E-state index contributed by atoms with van der Waals surface area (Å²) in [6.45, 7) is 8.99. The molecule has 0 aromatic rings. The molecule has 0 spiro atoms. The summed E-state index contributed by atoms with van der Waals surface area (Å²) in [5.74, 6) is 1.62. The summed E-state index contributed by atoms with van der Waals surface area (Å²) in [6.07, 6.45) is 5.95. The molecule has 1 amide bonds. The molecule has 1 unspecified atom stereocenters. The summed E-state index contributed by atoms with van der Waals surface area (Å²) in [6, 6.07) is 0. The number of hydrogen-bond donors (Lipinski definition) is 0. The van der Waals surface area contributed by atoms with Gasteiger partial charge in [0.15, 0.2) is 0 Å². The molecule has 0 radical (unpaired) electrons. The highest BCUT2D eigenvalue weighted by Crippen LogP contribution is 2.36. The van der Waals surface area contributed by atoms with E-state index in [4.69, 9.17) is 0 Å². The molecule has 2 aliphatic rings. The van der Waals surface area contributed by atoms with Crippen molar-refractivity contribution in [3.63, 3.8) is 0 Å². The lowest BCUT2D eigenvalue weighted by Crippen LogP contribution is -2.33. The van der Waals surface area contributed by atoms with Gasteiger partial charge in [0, 0.05) is 19.0 Å². The third-order valence-corrected chi connectivity index (χ3v) is 4.19. The summed E-state index contributed by atoms with van der Waals surface area (Å²) >= 11 is 0. The van der Waals surface area contributed by atoms with Crippen molar-refractivity contribution in [1.82, 2.24) is 4.90 Å². The van der Waals surface area contributed by atoms with E-state index in [0.29, 0.717) is 17.2 Å². The van der Waals surface area contributed by atoms with Crippen molar-refractivity contribution in [3.05, 3.63) is 0 Å².